The van der Waals surface area contributed by atoms with Crippen LogP contribution in [0.5, 0.6) is 0 Å². The van der Waals surface area contributed by atoms with E-state index in [0.29, 0.717) is 0 Å². The number of ether oxygens (including phenoxy) is 1. The number of hydrogen-bond acceptors (Lipinski definition) is 4. The maximum atomic E-state index is 12.7. The van der Waals surface area contributed by atoms with Crippen molar-refractivity contribution in [2.45, 2.75) is 32.8 Å². The van der Waals surface area contributed by atoms with E-state index < -0.39 is 35.4 Å². The van der Waals surface area contributed by atoms with Gasteiger partial charge in [-0.15, -0.1) is 0 Å². The summed E-state index contributed by atoms with van der Waals surface area (Å²) in [4.78, 5) is 34.6. The Morgan fingerprint density at radius 2 is 1.63 bits per heavy atom. The van der Waals surface area contributed by atoms with Crippen molar-refractivity contribution >= 4 is 17.5 Å². The second kappa shape index (κ2) is 5.73. The van der Waals surface area contributed by atoms with Gasteiger partial charge in [0.05, 0.1) is 6.42 Å². The van der Waals surface area contributed by atoms with Gasteiger partial charge in [0.25, 0.3) is 0 Å². The lowest BCUT2D eigenvalue weighted by Gasteiger charge is -2.18. The highest BCUT2D eigenvalue weighted by Gasteiger charge is 2.25. The average Bonchev–Trinajstić information content (AvgIpc) is 2.27. The van der Waals surface area contributed by atoms with Gasteiger partial charge >= 0.3 is 5.97 Å². The quantitative estimate of drug-likeness (QED) is 0.363. The molecule has 1 rings (SSSR count). The summed E-state index contributed by atoms with van der Waals surface area (Å²) in [6.45, 7) is 4.87. The summed E-state index contributed by atoms with van der Waals surface area (Å²) in [7, 11) is 0. The van der Waals surface area contributed by atoms with E-state index in [1.54, 1.807) is 20.8 Å². The molecule has 0 saturated carbocycles. The molecule has 0 spiro atoms. The summed E-state index contributed by atoms with van der Waals surface area (Å²) in [6, 6.07) is 4.76. The van der Waals surface area contributed by atoms with Crippen molar-refractivity contribution in [3.8, 4) is 0 Å². The third-order valence-corrected chi connectivity index (χ3v) is 2.11. The third kappa shape index (κ3) is 4.99. The minimum Gasteiger partial charge on any atom is -0.454 e. The van der Waals surface area contributed by atoms with E-state index in [-0.39, 0.29) is 5.56 Å². The monoisotopic (exact) mass is 266 g/mol. The first kappa shape index (κ1) is 15.0. The highest BCUT2D eigenvalue weighted by molar-refractivity contribution is 6.38. The van der Waals surface area contributed by atoms with Crippen molar-refractivity contribution in [2.24, 2.45) is 0 Å². The molecule has 0 atom stereocenters. The number of carbonyl (C=O) groups excluding carboxylic acids is 3. The number of halogens is 1. The van der Waals surface area contributed by atoms with Crippen LogP contribution in [0.1, 0.15) is 37.6 Å². The van der Waals surface area contributed by atoms with Crippen molar-refractivity contribution in [3.05, 3.63) is 35.6 Å². The van der Waals surface area contributed by atoms with Crippen LogP contribution in [0, 0.1) is 5.82 Å². The number of rotatable bonds is 4. The number of carbonyl (C=O) groups is 3. The normalized spacial score (nSPS) is 10.9. The molecule has 0 amide bonds. The predicted molar refractivity (Wildman–Crippen MR) is 66.2 cm³/mol. The van der Waals surface area contributed by atoms with Crippen LogP contribution in [-0.2, 0) is 14.3 Å². The fourth-order valence-electron chi connectivity index (χ4n) is 1.29. The van der Waals surface area contributed by atoms with Gasteiger partial charge in [-0.1, -0.05) is 0 Å². The van der Waals surface area contributed by atoms with Crippen molar-refractivity contribution in [1.82, 2.24) is 0 Å². The Hall–Kier alpha value is -2.04. The fourth-order valence-corrected chi connectivity index (χ4v) is 1.29. The first-order valence-corrected chi connectivity index (χ1v) is 5.74. The molecule has 102 valence electrons. The zero-order valence-electron chi connectivity index (χ0n) is 11.0. The molecule has 1 aromatic carbocycles. The molecular formula is C14H15FO4. The van der Waals surface area contributed by atoms with Crippen LogP contribution in [0.25, 0.3) is 0 Å². The minimum absolute atomic E-state index is 0.179. The Morgan fingerprint density at radius 1 is 1.11 bits per heavy atom. The van der Waals surface area contributed by atoms with Crippen molar-refractivity contribution in [2.75, 3.05) is 0 Å². The van der Waals surface area contributed by atoms with E-state index in [9.17, 15) is 18.8 Å². The summed E-state index contributed by atoms with van der Waals surface area (Å²) in [5.41, 5.74) is -0.607. The summed E-state index contributed by atoms with van der Waals surface area (Å²) in [6.07, 6.45) is -0.583. The average molecular weight is 266 g/mol. The van der Waals surface area contributed by atoms with Crippen LogP contribution >= 0.6 is 0 Å². The Labute approximate surface area is 110 Å². The molecule has 0 unspecified atom stereocenters. The molecule has 0 heterocycles. The Bertz CT molecular complexity index is 497. The van der Waals surface area contributed by atoms with Gasteiger partial charge in [-0.05, 0) is 45.0 Å². The number of benzene rings is 1. The topological polar surface area (TPSA) is 60.4 Å². The summed E-state index contributed by atoms with van der Waals surface area (Å²) in [5, 5.41) is 0. The summed E-state index contributed by atoms with van der Waals surface area (Å²) < 4.78 is 17.5. The van der Waals surface area contributed by atoms with Gasteiger partial charge in [0.1, 0.15) is 11.4 Å². The second-order valence-electron chi connectivity index (χ2n) is 5.03. The van der Waals surface area contributed by atoms with Crippen molar-refractivity contribution < 1.29 is 23.5 Å². The van der Waals surface area contributed by atoms with E-state index in [1.165, 1.54) is 12.1 Å². The molecule has 0 aliphatic rings. The van der Waals surface area contributed by atoms with Crippen LogP contribution < -0.4 is 0 Å². The molecule has 19 heavy (non-hydrogen) atoms. The Balaban J connectivity index is 2.64. The van der Waals surface area contributed by atoms with E-state index in [4.69, 9.17) is 4.74 Å². The molecule has 0 aromatic heterocycles. The van der Waals surface area contributed by atoms with Crippen molar-refractivity contribution in [1.29, 1.82) is 0 Å². The maximum absolute atomic E-state index is 12.7. The molecule has 1 aromatic rings. The smallest absolute Gasteiger partial charge is 0.375 e. The molecule has 5 heteroatoms. The van der Waals surface area contributed by atoms with Gasteiger partial charge < -0.3 is 4.74 Å². The number of ketones is 2. The van der Waals surface area contributed by atoms with Crippen LogP contribution in [0.4, 0.5) is 4.39 Å². The molecule has 0 radical (unpaired) electrons. The van der Waals surface area contributed by atoms with E-state index in [2.05, 4.69) is 0 Å². The lowest BCUT2D eigenvalue weighted by molar-refractivity contribution is -0.162. The number of esters is 1. The third-order valence-electron chi connectivity index (χ3n) is 2.11. The lowest BCUT2D eigenvalue weighted by atomic mass is 10.1. The number of hydrogen-bond donors (Lipinski definition) is 0. The van der Waals surface area contributed by atoms with Gasteiger partial charge in [0, 0.05) is 5.56 Å². The highest BCUT2D eigenvalue weighted by atomic mass is 19.1. The summed E-state index contributed by atoms with van der Waals surface area (Å²) in [5.74, 6) is -2.97. The van der Waals surface area contributed by atoms with Gasteiger partial charge in [0.15, 0.2) is 5.78 Å². The zero-order chi connectivity index (χ0) is 14.6. The first-order valence-electron chi connectivity index (χ1n) is 5.74. The van der Waals surface area contributed by atoms with Crippen molar-refractivity contribution in [3.63, 3.8) is 0 Å². The second-order valence-corrected chi connectivity index (χ2v) is 5.03. The molecule has 4 nitrogen and oxygen atoms in total. The molecule has 0 fully saturated rings. The molecule has 0 bridgehead atoms. The Kier molecular flexibility index (Phi) is 4.53. The fraction of sp³-hybridized carbons (Fsp3) is 0.357. The SMILES string of the molecule is CC(C)(C)OC(=O)C(=O)CC(=O)c1ccc(F)cc1. The van der Waals surface area contributed by atoms with Crippen LogP contribution in [0.2, 0.25) is 0 Å². The first-order chi connectivity index (χ1) is 8.69. The largest absolute Gasteiger partial charge is 0.454 e. The minimum atomic E-state index is -1.04. The van der Waals surface area contributed by atoms with Gasteiger partial charge in [-0.2, -0.15) is 0 Å². The van der Waals surface area contributed by atoms with E-state index in [0.717, 1.165) is 12.1 Å². The molecule has 0 N–H and O–H groups in total. The van der Waals surface area contributed by atoms with Gasteiger partial charge in [0.2, 0.25) is 5.78 Å². The molecule has 0 aliphatic carbocycles. The van der Waals surface area contributed by atoms with Crippen LogP contribution in [-0.4, -0.2) is 23.1 Å². The standard InChI is InChI=1S/C14H15FO4/c1-14(2,3)19-13(18)12(17)8-11(16)9-4-6-10(15)7-5-9/h4-7H,8H2,1-3H3. The van der Waals surface area contributed by atoms with Crippen LogP contribution in [0.15, 0.2) is 24.3 Å². The molecular weight excluding hydrogens is 251 g/mol. The summed E-state index contributed by atoms with van der Waals surface area (Å²) >= 11 is 0. The van der Waals surface area contributed by atoms with E-state index >= 15 is 0 Å². The van der Waals surface area contributed by atoms with Gasteiger partial charge in [-0.3, -0.25) is 9.59 Å². The zero-order valence-corrected chi connectivity index (χ0v) is 11.0. The molecule has 0 saturated heterocycles. The lowest BCUT2D eigenvalue weighted by Crippen LogP contribution is -2.30. The van der Waals surface area contributed by atoms with E-state index in [1.807, 2.05) is 0 Å². The highest BCUT2D eigenvalue weighted by Crippen LogP contribution is 2.10. The van der Waals surface area contributed by atoms with Gasteiger partial charge in [-0.25, -0.2) is 9.18 Å². The molecule has 0 aliphatic heterocycles. The Morgan fingerprint density at radius 3 is 2.11 bits per heavy atom. The number of Topliss-reactive ketones (excluding diaryl/α,β-unsaturated/α-hetero) is 2. The maximum Gasteiger partial charge on any atom is 0.375 e. The predicted octanol–water partition coefficient (Wildman–Crippen LogP) is 2.31. The van der Waals surface area contributed by atoms with Crippen LogP contribution in [0.3, 0.4) is 0 Å².